The minimum atomic E-state index is -0.390. The van der Waals surface area contributed by atoms with Crippen LogP contribution < -0.4 is 5.32 Å². The number of esters is 2. The van der Waals surface area contributed by atoms with Gasteiger partial charge in [-0.2, -0.15) is 0 Å². The van der Waals surface area contributed by atoms with E-state index in [2.05, 4.69) is 10.1 Å². The third kappa shape index (κ3) is 1.49. The molecular weight excluding hydrogens is 234 g/mol. The zero-order valence-electron chi connectivity index (χ0n) is 10.3. The van der Waals surface area contributed by atoms with Crippen molar-refractivity contribution in [2.24, 2.45) is 23.7 Å². The lowest BCUT2D eigenvalue weighted by molar-refractivity contribution is -0.159. The molecule has 1 saturated heterocycles. The lowest BCUT2D eigenvalue weighted by Gasteiger charge is -2.58. The van der Waals surface area contributed by atoms with Crippen LogP contribution in [0.25, 0.3) is 0 Å². The Hall–Kier alpha value is -1.39. The maximum Gasteiger partial charge on any atom is 0.317 e. The van der Waals surface area contributed by atoms with Crippen LogP contribution in [0.15, 0.2) is 0 Å². The summed E-state index contributed by atoms with van der Waals surface area (Å²) in [5, 5.41) is 2.97. The quantitative estimate of drug-likeness (QED) is 0.587. The van der Waals surface area contributed by atoms with Gasteiger partial charge in [-0.1, -0.05) is 13.3 Å². The molecule has 1 amide bonds. The van der Waals surface area contributed by atoms with Crippen molar-refractivity contribution >= 4 is 17.8 Å². The Morgan fingerprint density at radius 1 is 1.33 bits per heavy atom. The van der Waals surface area contributed by atoms with Gasteiger partial charge in [0.2, 0.25) is 5.91 Å². The molecule has 98 valence electrons. The average molecular weight is 251 g/mol. The zero-order valence-corrected chi connectivity index (χ0v) is 10.3. The fourth-order valence-electron chi connectivity index (χ4n) is 3.60. The summed E-state index contributed by atoms with van der Waals surface area (Å²) >= 11 is 0. The number of hydrogen-bond donors (Lipinski definition) is 1. The number of amides is 1. The molecule has 1 heterocycles. The Labute approximate surface area is 105 Å². The molecule has 5 atom stereocenters. The lowest BCUT2D eigenvalue weighted by Crippen LogP contribution is -2.67. The van der Waals surface area contributed by atoms with Crippen molar-refractivity contribution in [3.05, 3.63) is 0 Å². The highest BCUT2D eigenvalue weighted by Gasteiger charge is 2.70. The molecule has 0 aromatic heterocycles. The monoisotopic (exact) mass is 251 g/mol. The van der Waals surface area contributed by atoms with Gasteiger partial charge in [0.1, 0.15) is 0 Å². The number of carbonyl (C=O) groups is 3. The molecule has 0 radical (unpaired) electrons. The summed E-state index contributed by atoms with van der Waals surface area (Å²) in [6.45, 7) is 2.04. The molecule has 3 aliphatic rings. The fraction of sp³-hybridized carbons (Fsp3) is 0.769. The van der Waals surface area contributed by atoms with Gasteiger partial charge >= 0.3 is 11.9 Å². The number of hydrogen-bond acceptors (Lipinski definition) is 4. The van der Waals surface area contributed by atoms with Gasteiger partial charge in [-0.3, -0.25) is 14.4 Å². The number of fused-ring (bicyclic) bond motifs is 4. The van der Waals surface area contributed by atoms with Crippen molar-refractivity contribution in [1.29, 1.82) is 0 Å². The highest BCUT2D eigenvalue weighted by atomic mass is 16.6. The molecule has 0 aromatic carbocycles. The van der Waals surface area contributed by atoms with Gasteiger partial charge in [0.15, 0.2) is 0 Å². The number of carbonyl (C=O) groups excluding carboxylic acids is 3. The number of cyclic esters (lactones) is 2. The molecule has 5 heteroatoms. The van der Waals surface area contributed by atoms with Gasteiger partial charge in [0, 0.05) is 12.5 Å². The first-order valence-electron chi connectivity index (χ1n) is 6.68. The molecule has 5 unspecified atom stereocenters. The minimum Gasteiger partial charge on any atom is -0.393 e. The van der Waals surface area contributed by atoms with Gasteiger partial charge in [0.05, 0.1) is 11.8 Å². The first kappa shape index (κ1) is 11.7. The van der Waals surface area contributed by atoms with Gasteiger partial charge in [-0.05, 0) is 24.7 Å². The van der Waals surface area contributed by atoms with Gasteiger partial charge in [-0.25, -0.2) is 0 Å². The standard InChI is InChI=1S/C13H17NO4/c1-2-3-4-8(15)14-7-5-6-9(7)11-10(6)12(16)18-13(11)17/h6-7,9-11H,2-5H2,1H3,(H,14,15). The van der Waals surface area contributed by atoms with Crippen LogP contribution in [0, 0.1) is 23.7 Å². The SMILES string of the molecule is CCCCC(=O)NC1CC2C3C(=O)OC(=O)C3C12. The van der Waals surface area contributed by atoms with E-state index in [-0.39, 0.29) is 41.6 Å². The van der Waals surface area contributed by atoms with Crippen molar-refractivity contribution in [2.45, 2.75) is 38.6 Å². The molecule has 3 fully saturated rings. The molecular formula is C13H17NO4. The van der Waals surface area contributed by atoms with Crippen LogP contribution in [-0.4, -0.2) is 23.9 Å². The van der Waals surface area contributed by atoms with Crippen LogP contribution in [0.3, 0.4) is 0 Å². The average Bonchev–Trinajstić information content (AvgIpc) is 2.53. The van der Waals surface area contributed by atoms with E-state index in [4.69, 9.17) is 0 Å². The summed E-state index contributed by atoms with van der Waals surface area (Å²) in [4.78, 5) is 34.5. The number of unbranched alkanes of at least 4 members (excludes halogenated alkanes) is 1. The van der Waals surface area contributed by atoms with E-state index in [0.717, 1.165) is 19.3 Å². The normalized spacial score (nSPS) is 40.2. The summed E-state index contributed by atoms with van der Waals surface area (Å²) in [5.41, 5.74) is 0. The molecule has 0 bridgehead atoms. The third-order valence-corrected chi connectivity index (χ3v) is 4.60. The van der Waals surface area contributed by atoms with Crippen molar-refractivity contribution in [3.63, 3.8) is 0 Å². The Bertz CT molecular complexity index is 419. The highest BCUT2D eigenvalue weighted by molar-refractivity contribution is 5.99. The first-order chi connectivity index (χ1) is 8.63. The smallest absolute Gasteiger partial charge is 0.317 e. The minimum absolute atomic E-state index is 0.0569. The maximum absolute atomic E-state index is 11.6. The van der Waals surface area contributed by atoms with E-state index in [1.807, 2.05) is 6.92 Å². The summed E-state index contributed by atoms with van der Waals surface area (Å²) < 4.78 is 4.66. The van der Waals surface area contributed by atoms with Gasteiger partial charge in [-0.15, -0.1) is 0 Å². The molecule has 1 N–H and O–H groups in total. The van der Waals surface area contributed by atoms with Crippen molar-refractivity contribution in [3.8, 4) is 0 Å². The van der Waals surface area contributed by atoms with Crippen molar-refractivity contribution < 1.29 is 19.1 Å². The molecule has 5 nitrogen and oxygen atoms in total. The second kappa shape index (κ2) is 4.07. The summed E-state index contributed by atoms with van der Waals surface area (Å²) in [7, 11) is 0. The Kier molecular flexibility index (Phi) is 2.64. The van der Waals surface area contributed by atoms with Crippen LogP contribution in [-0.2, 0) is 19.1 Å². The second-order valence-corrected chi connectivity index (χ2v) is 5.55. The Balaban J connectivity index is 1.56. The maximum atomic E-state index is 11.6. The molecule has 2 aliphatic carbocycles. The highest BCUT2D eigenvalue weighted by Crippen LogP contribution is 2.61. The summed E-state index contributed by atoms with van der Waals surface area (Å²) in [5.74, 6) is -0.800. The van der Waals surface area contributed by atoms with Gasteiger partial charge < -0.3 is 10.1 Å². The van der Waals surface area contributed by atoms with Crippen molar-refractivity contribution in [2.75, 3.05) is 0 Å². The van der Waals surface area contributed by atoms with Crippen LogP contribution in [0.5, 0.6) is 0 Å². The van der Waals surface area contributed by atoms with E-state index in [1.165, 1.54) is 0 Å². The molecule has 3 rings (SSSR count). The number of rotatable bonds is 4. The van der Waals surface area contributed by atoms with E-state index >= 15 is 0 Å². The predicted molar refractivity (Wildman–Crippen MR) is 61.1 cm³/mol. The van der Waals surface area contributed by atoms with E-state index in [0.29, 0.717) is 6.42 Å². The second-order valence-electron chi connectivity index (χ2n) is 5.55. The molecule has 2 saturated carbocycles. The van der Waals surface area contributed by atoms with Crippen LogP contribution in [0.2, 0.25) is 0 Å². The molecule has 18 heavy (non-hydrogen) atoms. The molecule has 0 aromatic rings. The first-order valence-corrected chi connectivity index (χ1v) is 6.68. The number of ether oxygens (including phenoxy) is 1. The predicted octanol–water partition coefficient (Wildman–Crippen LogP) is 0.627. The Morgan fingerprint density at radius 2 is 2.06 bits per heavy atom. The van der Waals surface area contributed by atoms with Gasteiger partial charge in [0.25, 0.3) is 0 Å². The Morgan fingerprint density at radius 3 is 2.78 bits per heavy atom. The summed E-state index contributed by atoms with van der Waals surface area (Å²) in [6.07, 6.45) is 3.24. The topological polar surface area (TPSA) is 72.5 Å². The summed E-state index contributed by atoms with van der Waals surface area (Å²) in [6, 6.07) is 0.0686. The largest absolute Gasteiger partial charge is 0.393 e. The van der Waals surface area contributed by atoms with Crippen LogP contribution >= 0.6 is 0 Å². The van der Waals surface area contributed by atoms with E-state index in [1.54, 1.807) is 0 Å². The zero-order chi connectivity index (χ0) is 12.9. The lowest BCUT2D eigenvalue weighted by atomic mass is 9.45. The van der Waals surface area contributed by atoms with E-state index in [9.17, 15) is 14.4 Å². The number of nitrogens with one attached hydrogen (secondary N) is 1. The molecule has 0 spiro atoms. The fourth-order valence-corrected chi connectivity index (χ4v) is 3.60. The van der Waals surface area contributed by atoms with Crippen molar-refractivity contribution in [1.82, 2.24) is 5.32 Å². The van der Waals surface area contributed by atoms with E-state index < -0.39 is 5.97 Å². The van der Waals surface area contributed by atoms with Crippen LogP contribution in [0.1, 0.15) is 32.6 Å². The molecule has 1 aliphatic heterocycles. The third-order valence-electron chi connectivity index (χ3n) is 4.60. The van der Waals surface area contributed by atoms with Crippen LogP contribution in [0.4, 0.5) is 0 Å².